The smallest absolute Gasteiger partial charge is 0.133 e. The summed E-state index contributed by atoms with van der Waals surface area (Å²) in [6.07, 6.45) is 6.65. The van der Waals surface area contributed by atoms with Crippen LogP contribution in [-0.4, -0.2) is 5.75 Å². The molecule has 0 bridgehead atoms. The largest absolute Gasteiger partial charge is 0.185 e. The van der Waals surface area contributed by atoms with Gasteiger partial charge in [-0.3, -0.25) is 0 Å². The van der Waals surface area contributed by atoms with Crippen LogP contribution in [0, 0.1) is 16.6 Å². The number of nitriles is 1. The summed E-state index contributed by atoms with van der Waals surface area (Å²) < 4.78 is 0. The Bertz CT molecular complexity index is 128. The molecule has 0 fully saturated rings. The number of thiocyanates is 1. The summed E-state index contributed by atoms with van der Waals surface area (Å²) in [5.41, 5.74) is 0. The van der Waals surface area contributed by atoms with Gasteiger partial charge in [0, 0.05) is 5.75 Å². The van der Waals surface area contributed by atoms with Crippen molar-refractivity contribution in [3.05, 3.63) is 0 Å². The number of nitrogens with zero attached hydrogens (tertiary/aromatic N) is 1. The lowest BCUT2D eigenvalue weighted by atomic mass is 10.0. The molecule has 0 aliphatic carbocycles. The fourth-order valence-corrected chi connectivity index (χ4v) is 1.71. The first-order valence-corrected chi connectivity index (χ1v) is 5.80. The lowest BCUT2D eigenvalue weighted by Crippen LogP contribution is -1.97. The molecule has 1 nitrogen and oxygen atoms in total. The van der Waals surface area contributed by atoms with E-state index < -0.39 is 0 Å². The van der Waals surface area contributed by atoms with E-state index in [2.05, 4.69) is 19.2 Å². The molecule has 0 aromatic carbocycles. The Hall–Kier alpha value is -0.160. The van der Waals surface area contributed by atoms with Gasteiger partial charge in [0.05, 0.1) is 0 Å². The summed E-state index contributed by atoms with van der Waals surface area (Å²) in [7, 11) is 0. The third-order valence-corrected chi connectivity index (χ3v) is 2.85. The molecule has 1 unspecified atom stereocenters. The minimum Gasteiger partial charge on any atom is -0.185 e. The molecule has 0 aromatic heterocycles. The van der Waals surface area contributed by atoms with Crippen LogP contribution in [0.1, 0.15) is 46.0 Å². The number of hydrogen-bond acceptors (Lipinski definition) is 2. The average molecular weight is 185 g/mol. The zero-order chi connectivity index (χ0) is 9.23. The highest BCUT2D eigenvalue weighted by molar-refractivity contribution is 8.03. The Morgan fingerprint density at radius 1 is 1.33 bits per heavy atom. The first-order chi connectivity index (χ1) is 5.81. The van der Waals surface area contributed by atoms with Crippen LogP contribution in [0.4, 0.5) is 0 Å². The zero-order valence-corrected chi connectivity index (χ0v) is 8.99. The monoisotopic (exact) mass is 185 g/mol. The lowest BCUT2D eigenvalue weighted by molar-refractivity contribution is 0.531. The number of thioether (sulfide) groups is 1. The maximum atomic E-state index is 8.34. The molecule has 0 aliphatic heterocycles. The van der Waals surface area contributed by atoms with Crippen LogP contribution in [0.2, 0.25) is 0 Å². The van der Waals surface area contributed by atoms with Crippen molar-refractivity contribution < 1.29 is 0 Å². The molecule has 0 aromatic rings. The minimum atomic E-state index is 0.714. The van der Waals surface area contributed by atoms with Crippen molar-refractivity contribution in [2.75, 3.05) is 5.75 Å². The zero-order valence-electron chi connectivity index (χ0n) is 8.18. The Labute approximate surface area is 80.5 Å². The molecular formula is C10H19NS. The van der Waals surface area contributed by atoms with Crippen LogP contribution in [0.3, 0.4) is 0 Å². The highest BCUT2D eigenvalue weighted by Crippen LogP contribution is 2.14. The van der Waals surface area contributed by atoms with Crippen LogP contribution in [-0.2, 0) is 0 Å². The van der Waals surface area contributed by atoms with E-state index in [0.29, 0.717) is 5.92 Å². The quantitative estimate of drug-likeness (QED) is 0.445. The van der Waals surface area contributed by atoms with Gasteiger partial charge in [-0.15, -0.1) is 0 Å². The topological polar surface area (TPSA) is 23.8 Å². The van der Waals surface area contributed by atoms with Gasteiger partial charge in [-0.25, -0.2) is 0 Å². The van der Waals surface area contributed by atoms with Gasteiger partial charge in [-0.2, -0.15) is 5.26 Å². The summed E-state index contributed by atoms with van der Waals surface area (Å²) in [6, 6.07) is 0. The summed E-state index contributed by atoms with van der Waals surface area (Å²) >= 11 is 1.39. The second-order valence-corrected chi connectivity index (χ2v) is 4.16. The van der Waals surface area contributed by atoms with Crippen molar-refractivity contribution in [3.8, 4) is 5.40 Å². The Morgan fingerprint density at radius 2 is 2.08 bits per heavy atom. The standard InChI is InChI=1S/C10H19NS/c1-3-4-5-6-7-10(2)8-12-9-11/h10H,3-8H2,1-2H3. The van der Waals surface area contributed by atoms with Crippen molar-refractivity contribution in [1.29, 1.82) is 5.26 Å². The molecular weight excluding hydrogens is 166 g/mol. The van der Waals surface area contributed by atoms with Gasteiger partial charge in [-0.05, 0) is 24.1 Å². The highest BCUT2D eigenvalue weighted by Gasteiger charge is 2.00. The molecule has 0 N–H and O–H groups in total. The van der Waals surface area contributed by atoms with E-state index in [9.17, 15) is 0 Å². The molecule has 12 heavy (non-hydrogen) atoms. The molecule has 0 spiro atoms. The predicted octanol–water partition coefficient (Wildman–Crippen LogP) is 3.81. The fraction of sp³-hybridized carbons (Fsp3) is 0.900. The van der Waals surface area contributed by atoms with Gasteiger partial charge in [0.1, 0.15) is 5.40 Å². The molecule has 0 rings (SSSR count). The summed E-state index contributed by atoms with van der Waals surface area (Å²) in [6.45, 7) is 4.46. The lowest BCUT2D eigenvalue weighted by Gasteiger charge is -2.07. The Kier molecular flexibility index (Phi) is 8.81. The van der Waals surface area contributed by atoms with E-state index in [4.69, 9.17) is 5.26 Å². The SMILES string of the molecule is CCCCCCC(C)CSC#N. The molecule has 0 aliphatic rings. The van der Waals surface area contributed by atoms with Crippen molar-refractivity contribution in [3.63, 3.8) is 0 Å². The van der Waals surface area contributed by atoms with Crippen molar-refractivity contribution in [2.24, 2.45) is 5.92 Å². The fourth-order valence-electron chi connectivity index (χ4n) is 1.18. The van der Waals surface area contributed by atoms with Gasteiger partial charge in [0.2, 0.25) is 0 Å². The van der Waals surface area contributed by atoms with Crippen molar-refractivity contribution in [1.82, 2.24) is 0 Å². The van der Waals surface area contributed by atoms with Gasteiger partial charge in [0.15, 0.2) is 0 Å². The maximum Gasteiger partial charge on any atom is 0.133 e. The molecule has 0 saturated carbocycles. The second kappa shape index (κ2) is 8.93. The van der Waals surface area contributed by atoms with Crippen LogP contribution >= 0.6 is 11.8 Å². The third kappa shape index (κ3) is 7.94. The van der Waals surface area contributed by atoms with E-state index in [0.717, 1.165) is 5.75 Å². The Morgan fingerprint density at radius 3 is 2.67 bits per heavy atom. The molecule has 2 heteroatoms. The predicted molar refractivity (Wildman–Crippen MR) is 56.0 cm³/mol. The molecule has 0 amide bonds. The average Bonchev–Trinajstić information content (AvgIpc) is 2.09. The van der Waals surface area contributed by atoms with E-state index in [1.54, 1.807) is 0 Å². The van der Waals surface area contributed by atoms with Gasteiger partial charge in [-0.1, -0.05) is 39.5 Å². The van der Waals surface area contributed by atoms with Crippen LogP contribution in [0.25, 0.3) is 0 Å². The van der Waals surface area contributed by atoms with Crippen LogP contribution in [0.5, 0.6) is 0 Å². The van der Waals surface area contributed by atoms with Crippen LogP contribution in [0.15, 0.2) is 0 Å². The van der Waals surface area contributed by atoms with E-state index in [-0.39, 0.29) is 0 Å². The number of hydrogen-bond donors (Lipinski definition) is 0. The minimum absolute atomic E-state index is 0.714. The summed E-state index contributed by atoms with van der Waals surface area (Å²) in [4.78, 5) is 0. The maximum absolute atomic E-state index is 8.34. The van der Waals surface area contributed by atoms with Gasteiger partial charge >= 0.3 is 0 Å². The van der Waals surface area contributed by atoms with Crippen LogP contribution < -0.4 is 0 Å². The van der Waals surface area contributed by atoms with E-state index in [1.165, 1.54) is 43.9 Å². The normalized spacial score (nSPS) is 12.4. The highest BCUT2D eigenvalue weighted by atomic mass is 32.2. The van der Waals surface area contributed by atoms with E-state index >= 15 is 0 Å². The second-order valence-electron chi connectivity index (χ2n) is 3.36. The molecule has 0 saturated heterocycles. The first-order valence-electron chi connectivity index (χ1n) is 4.82. The molecule has 0 heterocycles. The van der Waals surface area contributed by atoms with Gasteiger partial charge < -0.3 is 0 Å². The number of unbranched alkanes of at least 4 members (excludes halogenated alkanes) is 3. The van der Waals surface area contributed by atoms with Crippen molar-refractivity contribution >= 4 is 11.8 Å². The summed E-state index contributed by atoms with van der Waals surface area (Å²) in [5, 5.41) is 10.5. The first kappa shape index (κ1) is 11.8. The molecule has 1 atom stereocenters. The molecule has 70 valence electrons. The Balaban J connectivity index is 3.09. The summed E-state index contributed by atoms with van der Waals surface area (Å²) in [5.74, 6) is 1.72. The number of rotatable bonds is 7. The van der Waals surface area contributed by atoms with E-state index in [1.807, 2.05) is 0 Å². The molecule has 0 radical (unpaired) electrons. The third-order valence-electron chi connectivity index (χ3n) is 1.98. The van der Waals surface area contributed by atoms with Gasteiger partial charge in [0.25, 0.3) is 0 Å². The van der Waals surface area contributed by atoms with Crippen molar-refractivity contribution in [2.45, 2.75) is 46.0 Å².